The van der Waals surface area contributed by atoms with Gasteiger partial charge in [-0.3, -0.25) is 0 Å². The Hall–Kier alpha value is -0.550. The molecule has 0 heterocycles. The number of unbranched alkanes of at least 4 members (excludes halogenated alkanes) is 1. The van der Waals surface area contributed by atoms with E-state index in [-0.39, 0.29) is 0 Å². The summed E-state index contributed by atoms with van der Waals surface area (Å²) in [5.41, 5.74) is 0. The number of hydrogen-bond acceptors (Lipinski definition) is 2. The predicted molar refractivity (Wildman–Crippen MR) is 36.0 cm³/mol. The van der Waals surface area contributed by atoms with Gasteiger partial charge in [-0.25, -0.2) is 0 Å². The lowest BCUT2D eigenvalue weighted by molar-refractivity contribution is 0.133. The highest BCUT2D eigenvalue weighted by Gasteiger charge is 1.84. The summed E-state index contributed by atoms with van der Waals surface area (Å²) in [6.07, 6.45) is 2.55. The minimum absolute atomic E-state index is 0.615. The highest BCUT2D eigenvalue weighted by molar-refractivity contribution is 4.67. The van der Waals surface area contributed by atoms with Crippen LogP contribution in [0.25, 0.3) is 0 Å². The summed E-state index contributed by atoms with van der Waals surface area (Å²) in [5, 5.41) is 8.12. The van der Waals surface area contributed by atoms with Crippen LogP contribution < -0.4 is 0 Å². The SMILES string of the molecule is CCCOCCCC#N. The van der Waals surface area contributed by atoms with Gasteiger partial charge in [0, 0.05) is 19.6 Å². The van der Waals surface area contributed by atoms with E-state index in [0.29, 0.717) is 6.42 Å². The van der Waals surface area contributed by atoms with Crippen molar-refractivity contribution < 1.29 is 4.74 Å². The van der Waals surface area contributed by atoms with E-state index in [2.05, 4.69) is 13.0 Å². The maximum absolute atomic E-state index is 8.12. The molecule has 0 saturated carbocycles. The average molecular weight is 127 g/mol. The number of rotatable bonds is 5. The molecular formula is C7H13NO. The Bertz CT molecular complexity index is 85.4. The molecular weight excluding hydrogens is 114 g/mol. The van der Waals surface area contributed by atoms with Crippen LogP contribution in [0.2, 0.25) is 0 Å². The van der Waals surface area contributed by atoms with E-state index in [9.17, 15) is 0 Å². The molecule has 0 fully saturated rings. The zero-order valence-electron chi connectivity index (χ0n) is 5.89. The molecule has 2 heteroatoms. The van der Waals surface area contributed by atoms with Crippen molar-refractivity contribution in [2.75, 3.05) is 13.2 Å². The van der Waals surface area contributed by atoms with E-state index in [1.165, 1.54) is 0 Å². The van der Waals surface area contributed by atoms with Crippen molar-refractivity contribution in [1.82, 2.24) is 0 Å². The largest absolute Gasteiger partial charge is 0.381 e. The fourth-order valence-corrected chi connectivity index (χ4v) is 0.500. The molecule has 0 unspecified atom stereocenters. The Morgan fingerprint density at radius 1 is 1.44 bits per heavy atom. The summed E-state index contributed by atoms with van der Waals surface area (Å²) < 4.78 is 5.13. The lowest BCUT2D eigenvalue weighted by Gasteiger charge is -1.97. The normalized spacial score (nSPS) is 8.89. The topological polar surface area (TPSA) is 33.0 Å². The monoisotopic (exact) mass is 127 g/mol. The first kappa shape index (κ1) is 8.45. The lowest BCUT2D eigenvalue weighted by Crippen LogP contribution is -1.94. The molecule has 0 rings (SSSR count). The number of nitriles is 1. The Kier molecular flexibility index (Phi) is 6.99. The second-order valence-corrected chi connectivity index (χ2v) is 1.87. The van der Waals surface area contributed by atoms with Crippen LogP contribution in [0.1, 0.15) is 26.2 Å². The van der Waals surface area contributed by atoms with Gasteiger partial charge >= 0.3 is 0 Å². The molecule has 0 aliphatic carbocycles. The Morgan fingerprint density at radius 3 is 2.78 bits per heavy atom. The fraction of sp³-hybridized carbons (Fsp3) is 0.857. The number of hydrogen-bond donors (Lipinski definition) is 0. The molecule has 0 bridgehead atoms. The molecule has 0 aliphatic heterocycles. The van der Waals surface area contributed by atoms with Crippen molar-refractivity contribution in [3.63, 3.8) is 0 Å². The summed E-state index contributed by atoms with van der Waals surface area (Å²) in [4.78, 5) is 0. The molecule has 0 aromatic rings. The smallest absolute Gasteiger partial charge is 0.0622 e. The van der Waals surface area contributed by atoms with Crippen molar-refractivity contribution in [3.05, 3.63) is 0 Å². The zero-order valence-corrected chi connectivity index (χ0v) is 5.89. The third-order valence-electron chi connectivity index (χ3n) is 0.926. The molecule has 0 spiro atoms. The number of nitrogens with zero attached hydrogens (tertiary/aromatic N) is 1. The van der Waals surface area contributed by atoms with E-state index in [1.807, 2.05) is 0 Å². The molecule has 0 amide bonds. The minimum Gasteiger partial charge on any atom is -0.381 e. The van der Waals surface area contributed by atoms with Gasteiger partial charge in [0.1, 0.15) is 0 Å². The molecule has 0 aliphatic rings. The quantitative estimate of drug-likeness (QED) is 0.527. The minimum atomic E-state index is 0.615. The van der Waals surface area contributed by atoms with Gasteiger partial charge in [0.25, 0.3) is 0 Å². The molecule has 0 aromatic heterocycles. The molecule has 0 saturated heterocycles. The second-order valence-electron chi connectivity index (χ2n) is 1.87. The zero-order chi connectivity index (χ0) is 6.95. The van der Waals surface area contributed by atoms with Gasteiger partial charge in [-0.2, -0.15) is 5.26 Å². The van der Waals surface area contributed by atoms with Crippen molar-refractivity contribution in [3.8, 4) is 6.07 Å². The van der Waals surface area contributed by atoms with E-state index in [4.69, 9.17) is 10.00 Å². The van der Waals surface area contributed by atoms with E-state index < -0.39 is 0 Å². The third-order valence-corrected chi connectivity index (χ3v) is 0.926. The van der Waals surface area contributed by atoms with Crippen LogP contribution >= 0.6 is 0 Å². The first-order valence-electron chi connectivity index (χ1n) is 3.36. The van der Waals surface area contributed by atoms with Gasteiger partial charge in [0.15, 0.2) is 0 Å². The highest BCUT2D eigenvalue weighted by Crippen LogP contribution is 1.88. The maximum Gasteiger partial charge on any atom is 0.0622 e. The summed E-state index contributed by atoms with van der Waals surface area (Å²) in [5.74, 6) is 0. The van der Waals surface area contributed by atoms with Crippen LogP contribution in [-0.2, 0) is 4.74 Å². The maximum atomic E-state index is 8.12. The fourth-order valence-electron chi connectivity index (χ4n) is 0.500. The van der Waals surface area contributed by atoms with Gasteiger partial charge in [-0.05, 0) is 12.8 Å². The van der Waals surface area contributed by atoms with Gasteiger partial charge < -0.3 is 4.74 Å². The lowest BCUT2D eigenvalue weighted by atomic mass is 10.3. The van der Waals surface area contributed by atoms with Gasteiger partial charge in [-0.1, -0.05) is 6.92 Å². The van der Waals surface area contributed by atoms with Crippen molar-refractivity contribution in [2.24, 2.45) is 0 Å². The van der Waals surface area contributed by atoms with Crippen molar-refractivity contribution in [1.29, 1.82) is 5.26 Å². The van der Waals surface area contributed by atoms with Crippen LogP contribution in [0.15, 0.2) is 0 Å². The van der Waals surface area contributed by atoms with Gasteiger partial charge in [0.05, 0.1) is 6.07 Å². The van der Waals surface area contributed by atoms with Crippen LogP contribution in [0, 0.1) is 11.3 Å². The average Bonchev–Trinajstić information content (AvgIpc) is 1.89. The molecule has 0 atom stereocenters. The van der Waals surface area contributed by atoms with Crippen LogP contribution in [0.4, 0.5) is 0 Å². The van der Waals surface area contributed by atoms with Crippen LogP contribution in [-0.4, -0.2) is 13.2 Å². The molecule has 0 radical (unpaired) electrons. The molecule has 2 nitrogen and oxygen atoms in total. The summed E-state index contributed by atoms with van der Waals surface area (Å²) in [6.45, 7) is 3.64. The number of ether oxygens (including phenoxy) is 1. The van der Waals surface area contributed by atoms with E-state index in [0.717, 1.165) is 26.1 Å². The van der Waals surface area contributed by atoms with Gasteiger partial charge in [0.2, 0.25) is 0 Å². The standard InChI is InChI=1S/C7H13NO/c1-2-6-9-7-4-3-5-8/h2-4,6-7H2,1H3. The first-order chi connectivity index (χ1) is 4.41. The van der Waals surface area contributed by atoms with Crippen molar-refractivity contribution >= 4 is 0 Å². The van der Waals surface area contributed by atoms with Gasteiger partial charge in [-0.15, -0.1) is 0 Å². The highest BCUT2D eigenvalue weighted by atomic mass is 16.5. The molecule has 0 aromatic carbocycles. The van der Waals surface area contributed by atoms with Crippen LogP contribution in [0.5, 0.6) is 0 Å². The van der Waals surface area contributed by atoms with Crippen LogP contribution in [0.3, 0.4) is 0 Å². The summed E-state index contributed by atoms with van der Waals surface area (Å²) in [7, 11) is 0. The predicted octanol–water partition coefficient (Wildman–Crippen LogP) is 1.72. The third kappa shape index (κ3) is 7.45. The molecule has 9 heavy (non-hydrogen) atoms. The summed E-state index contributed by atoms with van der Waals surface area (Å²) in [6, 6.07) is 2.06. The second kappa shape index (κ2) is 7.45. The molecule has 0 N–H and O–H groups in total. The Labute approximate surface area is 56.4 Å². The Balaban J connectivity index is 2.69. The molecule has 52 valence electrons. The van der Waals surface area contributed by atoms with E-state index in [1.54, 1.807) is 0 Å². The Morgan fingerprint density at radius 2 is 2.22 bits per heavy atom. The first-order valence-corrected chi connectivity index (χ1v) is 3.36. The van der Waals surface area contributed by atoms with Crippen molar-refractivity contribution in [2.45, 2.75) is 26.2 Å². The van der Waals surface area contributed by atoms with E-state index >= 15 is 0 Å². The summed E-state index contributed by atoms with van der Waals surface area (Å²) >= 11 is 0.